The maximum Gasteiger partial charge on any atom is 0.408 e. The van der Waals surface area contributed by atoms with E-state index in [0.29, 0.717) is 0 Å². The van der Waals surface area contributed by atoms with Crippen LogP contribution < -0.4 is 21.7 Å². The fourth-order valence-corrected chi connectivity index (χ4v) is 2.11. The molecule has 0 radical (unpaired) electrons. The van der Waals surface area contributed by atoms with Gasteiger partial charge in [-0.05, 0) is 19.4 Å². The molecule has 0 saturated heterocycles. The zero-order valence-electron chi connectivity index (χ0n) is 16.0. The monoisotopic (exact) mass is 408 g/mol. The minimum atomic E-state index is -1.51. The van der Waals surface area contributed by atoms with E-state index in [1.54, 1.807) is 24.3 Å². The lowest BCUT2D eigenvalue weighted by atomic mass is 10.2. The molecule has 0 aliphatic heterocycles. The molecule has 11 nitrogen and oxygen atoms in total. The van der Waals surface area contributed by atoms with E-state index in [0.717, 1.165) is 5.56 Å². The molecule has 6 N–H and O–H groups in total. The van der Waals surface area contributed by atoms with Gasteiger partial charge in [0.25, 0.3) is 0 Å². The fourth-order valence-electron chi connectivity index (χ4n) is 2.11. The predicted octanol–water partition coefficient (Wildman–Crippen LogP) is -0.749. The fraction of sp³-hybridized carbons (Fsp3) is 0.389. The van der Waals surface area contributed by atoms with Crippen molar-refractivity contribution in [2.75, 3.05) is 0 Å². The summed E-state index contributed by atoms with van der Waals surface area (Å²) in [6, 6.07) is 5.28. The summed E-state index contributed by atoms with van der Waals surface area (Å²) in [6.07, 6.45) is -1.41. The molecule has 11 heteroatoms. The number of nitrogens with one attached hydrogen (secondary N) is 3. The van der Waals surface area contributed by atoms with Crippen molar-refractivity contribution in [2.24, 2.45) is 5.73 Å². The first kappa shape index (κ1) is 23.4. The van der Waals surface area contributed by atoms with Gasteiger partial charge in [-0.3, -0.25) is 14.4 Å². The number of ether oxygens (including phenoxy) is 1. The number of hydrogen-bond donors (Lipinski definition) is 5. The number of carboxylic acids is 1. The Morgan fingerprint density at radius 1 is 0.966 bits per heavy atom. The lowest BCUT2D eigenvalue weighted by Gasteiger charge is -2.20. The largest absolute Gasteiger partial charge is 0.480 e. The first-order valence-electron chi connectivity index (χ1n) is 8.69. The number of aliphatic carboxylic acids is 1. The molecule has 4 amide bonds. The second-order valence-corrected chi connectivity index (χ2v) is 6.23. The normalized spacial score (nSPS) is 13.3. The van der Waals surface area contributed by atoms with E-state index >= 15 is 0 Å². The first-order valence-corrected chi connectivity index (χ1v) is 8.69. The second kappa shape index (κ2) is 11.3. The van der Waals surface area contributed by atoms with Gasteiger partial charge in [-0.15, -0.1) is 0 Å². The standard InChI is InChI=1S/C18H24N4O7/c1-10(16(25)22-13(17(26)27)8-14(19)23)20-15(24)11(2)21-18(28)29-9-12-6-4-3-5-7-12/h3-7,10-11,13H,8-9H2,1-2H3,(H2,19,23)(H,20,24)(H,21,28)(H,22,25)(H,26,27). The third kappa shape index (κ3) is 8.73. The van der Waals surface area contributed by atoms with Gasteiger partial charge in [0.1, 0.15) is 24.7 Å². The molecule has 3 unspecified atom stereocenters. The number of carbonyl (C=O) groups is 5. The minimum absolute atomic E-state index is 0.0241. The van der Waals surface area contributed by atoms with Crippen LogP contribution in [0, 0.1) is 0 Å². The van der Waals surface area contributed by atoms with E-state index in [4.69, 9.17) is 15.6 Å². The van der Waals surface area contributed by atoms with Gasteiger partial charge in [0.2, 0.25) is 17.7 Å². The Bertz CT molecular complexity index is 754. The van der Waals surface area contributed by atoms with Crippen LogP contribution in [0.4, 0.5) is 4.79 Å². The molecule has 0 fully saturated rings. The predicted molar refractivity (Wildman–Crippen MR) is 100 cm³/mol. The molecule has 1 aromatic carbocycles. The van der Waals surface area contributed by atoms with Crippen LogP contribution >= 0.6 is 0 Å². The quantitative estimate of drug-likeness (QED) is 0.338. The van der Waals surface area contributed by atoms with E-state index in [9.17, 15) is 24.0 Å². The molecule has 0 heterocycles. The highest BCUT2D eigenvalue weighted by atomic mass is 16.5. The zero-order valence-corrected chi connectivity index (χ0v) is 16.0. The zero-order chi connectivity index (χ0) is 22.0. The molecule has 0 aliphatic rings. The SMILES string of the molecule is CC(NC(=O)OCc1ccccc1)C(=O)NC(C)C(=O)NC(CC(N)=O)C(=O)O. The van der Waals surface area contributed by atoms with Gasteiger partial charge in [-0.25, -0.2) is 9.59 Å². The molecule has 0 aromatic heterocycles. The van der Waals surface area contributed by atoms with Crippen LogP contribution in [-0.2, 0) is 30.5 Å². The van der Waals surface area contributed by atoms with Gasteiger partial charge in [0, 0.05) is 0 Å². The third-order valence-corrected chi connectivity index (χ3v) is 3.71. The molecule has 158 valence electrons. The van der Waals surface area contributed by atoms with E-state index in [-0.39, 0.29) is 6.61 Å². The lowest BCUT2D eigenvalue weighted by molar-refractivity contribution is -0.143. The topological polar surface area (TPSA) is 177 Å². The van der Waals surface area contributed by atoms with Crippen LogP contribution in [0.5, 0.6) is 0 Å². The Morgan fingerprint density at radius 2 is 1.52 bits per heavy atom. The average molecular weight is 408 g/mol. The van der Waals surface area contributed by atoms with Crippen molar-refractivity contribution in [2.45, 2.75) is 45.0 Å². The summed E-state index contributed by atoms with van der Waals surface area (Å²) in [6.45, 7) is 2.73. The van der Waals surface area contributed by atoms with E-state index in [2.05, 4.69) is 16.0 Å². The van der Waals surface area contributed by atoms with Crippen molar-refractivity contribution >= 4 is 29.8 Å². The lowest BCUT2D eigenvalue weighted by Crippen LogP contribution is -2.54. The van der Waals surface area contributed by atoms with Crippen LogP contribution in [0.25, 0.3) is 0 Å². The molecule has 1 rings (SSSR count). The van der Waals surface area contributed by atoms with Crippen molar-refractivity contribution in [3.05, 3.63) is 35.9 Å². The number of nitrogens with two attached hydrogens (primary N) is 1. The summed E-state index contributed by atoms with van der Waals surface area (Å²) >= 11 is 0. The van der Waals surface area contributed by atoms with Gasteiger partial charge < -0.3 is 31.5 Å². The van der Waals surface area contributed by atoms with Gasteiger partial charge in [-0.1, -0.05) is 30.3 Å². The van der Waals surface area contributed by atoms with Crippen molar-refractivity contribution in [3.8, 4) is 0 Å². The average Bonchev–Trinajstić information content (AvgIpc) is 2.65. The maximum atomic E-state index is 12.1. The first-order chi connectivity index (χ1) is 13.6. The van der Waals surface area contributed by atoms with E-state index in [1.807, 2.05) is 6.07 Å². The summed E-state index contributed by atoms with van der Waals surface area (Å²) in [7, 11) is 0. The number of amides is 4. The Morgan fingerprint density at radius 3 is 2.07 bits per heavy atom. The Kier molecular flexibility index (Phi) is 9.10. The Hall–Kier alpha value is -3.63. The van der Waals surface area contributed by atoms with Crippen molar-refractivity contribution < 1.29 is 33.8 Å². The second-order valence-electron chi connectivity index (χ2n) is 6.23. The number of rotatable bonds is 10. The highest BCUT2D eigenvalue weighted by Gasteiger charge is 2.26. The summed E-state index contributed by atoms with van der Waals surface area (Å²) in [5.41, 5.74) is 5.71. The van der Waals surface area contributed by atoms with Crippen molar-refractivity contribution in [1.29, 1.82) is 0 Å². The maximum absolute atomic E-state index is 12.1. The van der Waals surface area contributed by atoms with Crippen LogP contribution in [0.3, 0.4) is 0 Å². The van der Waals surface area contributed by atoms with Gasteiger partial charge in [0.15, 0.2) is 0 Å². The molecule has 0 bridgehead atoms. The molecular weight excluding hydrogens is 384 g/mol. The number of carbonyl (C=O) groups excluding carboxylic acids is 4. The number of primary amides is 1. The number of hydrogen-bond acceptors (Lipinski definition) is 6. The minimum Gasteiger partial charge on any atom is -0.480 e. The summed E-state index contributed by atoms with van der Waals surface area (Å²) < 4.78 is 5.00. The molecular formula is C18H24N4O7. The van der Waals surface area contributed by atoms with Gasteiger partial charge >= 0.3 is 12.1 Å². The van der Waals surface area contributed by atoms with Crippen molar-refractivity contribution in [1.82, 2.24) is 16.0 Å². The summed E-state index contributed by atoms with van der Waals surface area (Å²) in [5.74, 6) is -3.86. The number of benzene rings is 1. The van der Waals surface area contributed by atoms with E-state index in [1.165, 1.54) is 13.8 Å². The number of carboxylic acid groups (broad SMARTS) is 1. The highest BCUT2D eigenvalue weighted by Crippen LogP contribution is 2.01. The number of alkyl carbamates (subject to hydrolysis) is 1. The van der Waals surface area contributed by atoms with Crippen molar-refractivity contribution in [3.63, 3.8) is 0 Å². The molecule has 0 saturated carbocycles. The van der Waals surface area contributed by atoms with Gasteiger partial charge in [-0.2, -0.15) is 0 Å². The summed E-state index contributed by atoms with van der Waals surface area (Å²) in [4.78, 5) is 57.8. The Balaban J connectivity index is 2.47. The molecule has 0 aliphatic carbocycles. The molecule has 3 atom stereocenters. The Labute approximate surface area is 167 Å². The van der Waals surface area contributed by atoms with Crippen LogP contribution in [0.15, 0.2) is 30.3 Å². The summed E-state index contributed by atoms with van der Waals surface area (Å²) in [5, 5.41) is 15.7. The van der Waals surface area contributed by atoms with E-state index < -0.39 is 54.3 Å². The molecule has 1 aromatic rings. The van der Waals surface area contributed by atoms with Gasteiger partial charge in [0.05, 0.1) is 6.42 Å². The van der Waals surface area contributed by atoms with Crippen LogP contribution in [-0.4, -0.2) is 53.0 Å². The molecule has 0 spiro atoms. The smallest absolute Gasteiger partial charge is 0.408 e. The van der Waals surface area contributed by atoms with Crippen LogP contribution in [0.1, 0.15) is 25.8 Å². The highest BCUT2D eigenvalue weighted by molar-refractivity contribution is 5.93. The molecule has 29 heavy (non-hydrogen) atoms. The van der Waals surface area contributed by atoms with Crippen LogP contribution in [0.2, 0.25) is 0 Å². The third-order valence-electron chi connectivity index (χ3n) is 3.71.